The fourth-order valence-electron chi connectivity index (χ4n) is 2.32. The fraction of sp³-hybridized carbons (Fsp3) is 0.500. The van der Waals surface area contributed by atoms with E-state index in [2.05, 4.69) is 5.32 Å². The largest absolute Gasteiger partial charge is 0.381 e. The van der Waals surface area contributed by atoms with Crippen LogP contribution in [0.25, 0.3) is 0 Å². The zero-order valence-corrected chi connectivity index (χ0v) is 11.0. The molecule has 1 aromatic carbocycles. The summed E-state index contributed by atoms with van der Waals surface area (Å²) in [4.78, 5) is 12.4. The highest BCUT2D eigenvalue weighted by atomic mass is 19.1. The third-order valence-corrected chi connectivity index (χ3v) is 3.78. The van der Waals surface area contributed by atoms with Crippen LogP contribution in [0.15, 0.2) is 18.2 Å². The van der Waals surface area contributed by atoms with E-state index in [0.717, 1.165) is 0 Å². The molecule has 2 rings (SSSR count). The van der Waals surface area contributed by atoms with Gasteiger partial charge in [0.2, 0.25) is 5.91 Å². The first-order valence-electron chi connectivity index (χ1n) is 6.43. The van der Waals surface area contributed by atoms with Gasteiger partial charge in [0.15, 0.2) is 0 Å². The average Bonchev–Trinajstić information content (AvgIpc) is 2.43. The maximum Gasteiger partial charge on any atom is 0.232 e. The van der Waals surface area contributed by atoms with Crippen molar-refractivity contribution in [2.75, 3.05) is 25.1 Å². The molecule has 1 heterocycles. The summed E-state index contributed by atoms with van der Waals surface area (Å²) < 4.78 is 19.0. The third kappa shape index (κ3) is 2.77. The highest BCUT2D eigenvalue weighted by Gasteiger charge is 2.39. The van der Waals surface area contributed by atoms with Crippen molar-refractivity contribution in [2.24, 2.45) is 11.1 Å². The number of ether oxygens (including phenoxy) is 1. The Labute approximate surface area is 112 Å². The zero-order chi connectivity index (χ0) is 13.9. The van der Waals surface area contributed by atoms with Crippen molar-refractivity contribution in [3.63, 3.8) is 0 Å². The van der Waals surface area contributed by atoms with Gasteiger partial charge in [0, 0.05) is 19.8 Å². The number of benzene rings is 1. The molecule has 0 bridgehead atoms. The van der Waals surface area contributed by atoms with Gasteiger partial charge in [-0.25, -0.2) is 4.39 Å². The Hall–Kier alpha value is -1.46. The Morgan fingerprint density at radius 1 is 1.47 bits per heavy atom. The van der Waals surface area contributed by atoms with Crippen LogP contribution >= 0.6 is 0 Å². The van der Waals surface area contributed by atoms with Gasteiger partial charge in [-0.15, -0.1) is 0 Å². The van der Waals surface area contributed by atoms with Gasteiger partial charge >= 0.3 is 0 Å². The van der Waals surface area contributed by atoms with E-state index in [1.807, 2.05) is 0 Å². The van der Waals surface area contributed by atoms with Crippen LogP contribution in [0.1, 0.15) is 18.4 Å². The molecule has 1 saturated heterocycles. The average molecular weight is 266 g/mol. The minimum absolute atomic E-state index is 0.216. The van der Waals surface area contributed by atoms with Crippen molar-refractivity contribution in [1.29, 1.82) is 0 Å². The summed E-state index contributed by atoms with van der Waals surface area (Å²) in [7, 11) is 0. The normalized spacial score (nSPS) is 18.1. The molecule has 0 aliphatic carbocycles. The number of anilines is 1. The summed E-state index contributed by atoms with van der Waals surface area (Å²) in [6.45, 7) is 3.04. The van der Waals surface area contributed by atoms with Crippen molar-refractivity contribution >= 4 is 11.6 Å². The molecule has 1 aliphatic heterocycles. The van der Waals surface area contributed by atoms with Crippen LogP contribution in [0.4, 0.5) is 10.1 Å². The first-order chi connectivity index (χ1) is 9.09. The Morgan fingerprint density at radius 3 is 2.74 bits per heavy atom. The Morgan fingerprint density at radius 2 is 2.16 bits per heavy atom. The predicted molar refractivity (Wildman–Crippen MR) is 71.3 cm³/mol. The Bertz CT molecular complexity index is 450. The minimum Gasteiger partial charge on any atom is -0.381 e. The van der Waals surface area contributed by atoms with Gasteiger partial charge in [-0.2, -0.15) is 0 Å². The van der Waals surface area contributed by atoms with Crippen molar-refractivity contribution < 1.29 is 13.9 Å². The molecule has 0 radical (unpaired) electrons. The molecule has 0 unspecified atom stereocenters. The number of aryl methyl sites for hydroxylation is 1. The second-order valence-electron chi connectivity index (χ2n) is 4.98. The molecular formula is C14H19FN2O2. The fourth-order valence-corrected chi connectivity index (χ4v) is 2.32. The zero-order valence-electron chi connectivity index (χ0n) is 11.0. The van der Waals surface area contributed by atoms with Crippen LogP contribution in [0.3, 0.4) is 0 Å². The van der Waals surface area contributed by atoms with E-state index in [-0.39, 0.29) is 18.1 Å². The quantitative estimate of drug-likeness (QED) is 0.877. The molecule has 1 aromatic rings. The highest BCUT2D eigenvalue weighted by Crippen LogP contribution is 2.31. The number of nitrogens with two attached hydrogens (primary N) is 1. The van der Waals surface area contributed by atoms with E-state index >= 15 is 0 Å². The number of hydrogen-bond donors (Lipinski definition) is 2. The van der Waals surface area contributed by atoms with Gasteiger partial charge in [0.1, 0.15) is 5.82 Å². The van der Waals surface area contributed by atoms with Crippen LogP contribution in [-0.2, 0) is 9.53 Å². The molecule has 1 fully saturated rings. The molecule has 1 amide bonds. The van der Waals surface area contributed by atoms with E-state index in [9.17, 15) is 9.18 Å². The molecule has 0 aromatic heterocycles. The van der Waals surface area contributed by atoms with Crippen LogP contribution < -0.4 is 11.1 Å². The predicted octanol–water partition coefficient (Wildman–Crippen LogP) is 1.83. The first kappa shape index (κ1) is 14.0. The molecule has 0 saturated carbocycles. The topological polar surface area (TPSA) is 64.4 Å². The molecule has 19 heavy (non-hydrogen) atoms. The summed E-state index contributed by atoms with van der Waals surface area (Å²) in [5.74, 6) is -0.640. The number of nitrogens with one attached hydrogen (secondary N) is 1. The highest BCUT2D eigenvalue weighted by molar-refractivity contribution is 5.96. The van der Waals surface area contributed by atoms with Crippen LogP contribution in [0, 0.1) is 18.2 Å². The number of carbonyl (C=O) groups is 1. The third-order valence-electron chi connectivity index (χ3n) is 3.78. The van der Waals surface area contributed by atoms with Crippen molar-refractivity contribution in [2.45, 2.75) is 19.8 Å². The summed E-state index contributed by atoms with van der Waals surface area (Å²) in [6.07, 6.45) is 1.14. The lowest BCUT2D eigenvalue weighted by atomic mass is 9.79. The maximum absolute atomic E-state index is 13.7. The standard InChI is InChI=1S/C14H19FN2O2/c1-10-3-2-4-11(15)12(10)17-13(18)14(9-16)5-7-19-8-6-14/h2-4H,5-9,16H2,1H3,(H,17,18). The molecule has 0 atom stereocenters. The summed E-state index contributed by atoms with van der Waals surface area (Å²) >= 11 is 0. The van der Waals surface area contributed by atoms with E-state index in [1.54, 1.807) is 19.1 Å². The molecule has 3 N–H and O–H groups in total. The number of halogens is 1. The van der Waals surface area contributed by atoms with Crippen LogP contribution in [-0.4, -0.2) is 25.7 Å². The monoisotopic (exact) mass is 266 g/mol. The molecule has 0 spiro atoms. The molecule has 104 valence electrons. The SMILES string of the molecule is Cc1cccc(F)c1NC(=O)C1(CN)CCOCC1. The van der Waals surface area contributed by atoms with Gasteiger partial charge in [0.25, 0.3) is 0 Å². The van der Waals surface area contributed by atoms with Gasteiger partial charge in [-0.05, 0) is 31.4 Å². The number of para-hydroxylation sites is 1. The minimum atomic E-state index is -0.646. The molecular weight excluding hydrogens is 247 g/mol. The molecule has 5 heteroatoms. The second-order valence-corrected chi connectivity index (χ2v) is 4.98. The maximum atomic E-state index is 13.7. The Kier molecular flexibility index (Phi) is 4.17. The van der Waals surface area contributed by atoms with Crippen LogP contribution in [0.5, 0.6) is 0 Å². The first-order valence-corrected chi connectivity index (χ1v) is 6.43. The van der Waals surface area contributed by atoms with E-state index in [1.165, 1.54) is 6.07 Å². The van der Waals surface area contributed by atoms with Crippen molar-refractivity contribution in [1.82, 2.24) is 0 Å². The molecule has 1 aliphatic rings. The number of hydrogen-bond acceptors (Lipinski definition) is 3. The summed E-state index contributed by atoms with van der Waals surface area (Å²) in [5.41, 5.74) is 6.06. The van der Waals surface area contributed by atoms with Crippen molar-refractivity contribution in [3.05, 3.63) is 29.6 Å². The lowest BCUT2D eigenvalue weighted by Crippen LogP contribution is -2.46. The van der Waals surface area contributed by atoms with E-state index in [4.69, 9.17) is 10.5 Å². The number of rotatable bonds is 3. The van der Waals surface area contributed by atoms with Crippen LogP contribution in [0.2, 0.25) is 0 Å². The number of carbonyl (C=O) groups excluding carboxylic acids is 1. The summed E-state index contributed by atoms with van der Waals surface area (Å²) in [6, 6.07) is 4.72. The lowest BCUT2D eigenvalue weighted by molar-refractivity contribution is -0.130. The number of amides is 1. The molecule has 4 nitrogen and oxygen atoms in total. The van der Waals surface area contributed by atoms with Gasteiger partial charge < -0.3 is 15.8 Å². The Balaban J connectivity index is 2.20. The lowest BCUT2D eigenvalue weighted by Gasteiger charge is -2.34. The summed E-state index contributed by atoms with van der Waals surface area (Å²) in [5, 5.41) is 2.69. The van der Waals surface area contributed by atoms with Gasteiger partial charge in [0.05, 0.1) is 11.1 Å². The van der Waals surface area contributed by atoms with Gasteiger partial charge in [-0.1, -0.05) is 12.1 Å². The van der Waals surface area contributed by atoms with Crippen molar-refractivity contribution in [3.8, 4) is 0 Å². The van der Waals surface area contributed by atoms with E-state index < -0.39 is 11.2 Å². The smallest absolute Gasteiger partial charge is 0.232 e. The second kappa shape index (κ2) is 5.67. The van der Waals surface area contributed by atoms with Gasteiger partial charge in [-0.3, -0.25) is 4.79 Å². The van der Waals surface area contributed by atoms with E-state index in [0.29, 0.717) is 31.6 Å².